The van der Waals surface area contributed by atoms with E-state index in [1.165, 1.54) is 18.7 Å². The minimum atomic E-state index is -1.22. The largest absolute Gasteiger partial charge is 0.389 e. The van der Waals surface area contributed by atoms with Crippen LogP contribution in [0.1, 0.15) is 41.6 Å². The first-order chi connectivity index (χ1) is 19.8. The van der Waals surface area contributed by atoms with Crippen molar-refractivity contribution in [3.63, 3.8) is 0 Å². The van der Waals surface area contributed by atoms with E-state index in [2.05, 4.69) is 44.9 Å². The van der Waals surface area contributed by atoms with Crippen molar-refractivity contribution in [2.24, 2.45) is 16.3 Å². The molecule has 4 aliphatic rings. The van der Waals surface area contributed by atoms with Crippen LogP contribution in [-0.2, 0) is 4.79 Å². The Hall–Kier alpha value is -4.27. The Labute approximate surface area is 234 Å². The molecule has 2 heterocycles. The van der Waals surface area contributed by atoms with Gasteiger partial charge in [-0.2, -0.15) is 0 Å². The Balaban J connectivity index is 1.22. The third-order valence-corrected chi connectivity index (χ3v) is 8.81. The van der Waals surface area contributed by atoms with Gasteiger partial charge in [0.05, 0.1) is 23.9 Å². The SMILES string of the molecule is CNC(=O)[C@]12CC1[C@@H](n1cnc3c1NC(C#Cc1ccc(F)c(F)c1)N=C3NC1C[C@H]1c1ccccc1)C(O)[C@@H]2O. The highest BCUT2D eigenvalue weighted by Crippen LogP contribution is 2.68. The number of carbonyl (C=O) groups excluding carboxylic acids is 1. The first-order valence-electron chi connectivity index (χ1n) is 13.6. The smallest absolute Gasteiger partial charge is 0.229 e. The maximum Gasteiger partial charge on any atom is 0.229 e. The molecule has 5 N–H and O–H groups in total. The van der Waals surface area contributed by atoms with E-state index in [4.69, 9.17) is 4.99 Å². The number of hydrogen-bond acceptors (Lipinski definition) is 7. The number of nitrogens with one attached hydrogen (secondary N) is 3. The van der Waals surface area contributed by atoms with Crippen molar-refractivity contribution in [3.8, 4) is 11.8 Å². The molecule has 1 aromatic heterocycles. The monoisotopic (exact) mass is 558 g/mol. The summed E-state index contributed by atoms with van der Waals surface area (Å²) in [5.41, 5.74) is 1.02. The third kappa shape index (κ3) is 4.09. The summed E-state index contributed by atoms with van der Waals surface area (Å²) >= 11 is 0. The topological polar surface area (TPSA) is 124 Å². The minimum Gasteiger partial charge on any atom is -0.389 e. The van der Waals surface area contributed by atoms with Gasteiger partial charge in [-0.3, -0.25) is 4.79 Å². The molecule has 0 radical (unpaired) electrons. The number of carbonyl (C=O) groups is 1. The molecule has 41 heavy (non-hydrogen) atoms. The van der Waals surface area contributed by atoms with Gasteiger partial charge in [0, 0.05) is 30.5 Å². The molecule has 8 atom stereocenters. The van der Waals surface area contributed by atoms with E-state index in [1.54, 1.807) is 10.9 Å². The first-order valence-corrected chi connectivity index (χ1v) is 13.6. The van der Waals surface area contributed by atoms with Crippen LogP contribution in [0.25, 0.3) is 0 Å². The summed E-state index contributed by atoms with van der Waals surface area (Å²) in [6, 6.07) is 13.2. The Morgan fingerprint density at radius 3 is 2.73 bits per heavy atom. The molecule has 1 amide bonds. The van der Waals surface area contributed by atoms with Gasteiger partial charge in [-0.05, 0) is 42.5 Å². The molecule has 210 valence electrons. The summed E-state index contributed by atoms with van der Waals surface area (Å²) in [4.78, 5) is 22.0. The first kappa shape index (κ1) is 25.7. The van der Waals surface area contributed by atoms with Gasteiger partial charge in [0.2, 0.25) is 5.91 Å². The number of amidine groups is 1. The second-order valence-electron chi connectivity index (χ2n) is 11.1. The van der Waals surface area contributed by atoms with Crippen LogP contribution in [0.15, 0.2) is 59.9 Å². The average Bonchev–Trinajstić information content (AvgIpc) is 3.86. The summed E-state index contributed by atoms with van der Waals surface area (Å²) in [6.45, 7) is 0. The van der Waals surface area contributed by atoms with Crippen LogP contribution < -0.4 is 16.0 Å². The summed E-state index contributed by atoms with van der Waals surface area (Å²) in [5.74, 6) is 4.70. The molecular weight excluding hydrogens is 530 g/mol. The molecule has 4 unspecified atom stereocenters. The van der Waals surface area contributed by atoms with Crippen molar-refractivity contribution in [3.05, 3.63) is 83.3 Å². The predicted octanol–water partition coefficient (Wildman–Crippen LogP) is 1.89. The van der Waals surface area contributed by atoms with E-state index in [9.17, 15) is 23.8 Å². The molecule has 3 aromatic rings. The zero-order valence-electron chi connectivity index (χ0n) is 22.1. The molecule has 0 bridgehead atoms. The Morgan fingerprint density at radius 1 is 1.17 bits per heavy atom. The normalized spacial score (nSPS) is 32.4. The van der Waals surface area contributed by atoms with E-state index >= 15 is 0 Å². The number of anilines is 1. The van der Waals surface area contributed by atoms with E-state index < -0.39 is 41.5 Å². The zero-order valence-corrected chi connectivity index (χ0v) is 22.1. The van der Waals surface area contributed by atoms with E-state index in [-0.39, 0.29) is 17.9 Å². The molecule has 0 saturated heterocycles. The van der Waals surface area contributed by atoms with Crippen molar-refractivity contribution in [2.75, 3.05) is 12.4 Å². The number of aliphatic imine (C=N–C) groups is 1. The number of halogens is 2. The van der Waals surface area contributed by atoms with Crippen molar-refractivity contribution in [2.45, 2.75) is 49.2 Å². The summed E-state index contributed by atoms with van der Waals surface area (Å²) < 4.78 is 28.9. The van der Waals surface area contributed by atoms with E-state index in [1.807, 2.05) is 18.2 Å². The Kier molecular flexibility index (Phi) is 5.88. The number of fused-ring (bicyclic) bond motifs is 2. The predicted molar refractivity (Wildman–Crippen MR) is 146 cm³/mol. The minimum absolute atomic E-state index is 0.135. The lowest BCUT2D eigenvalue weighted by atomic mass is 9.98. The van der Waals surface area contributed by atoms with Crippen molar-refractivity contribution >= 4 is 17.6 Å². The van der Waals surface area contributed by atoms with Gasteiger partial charge in [0.1, 0.15) is 17.6 Å². The van der Waals surface area contributed by atoms with Gasteiger partial charge < -0.3 is 30.7 Å². The number of hydrogen-bond donors (Lipinski definition) is 5. The van der Waals surface area contributed by atoms with Crippen molar-refractivity contribution < 1.29 is 23.8 Å². The molecule has 1 aliphatic heterocycles. The molecule has 9 nitrogen and oxygen atoms in total. The van der Waals surface area contributed by atoms with Crippen LogP contribution in [0.3, 0.4) is 0 Å². The van der Waals surface area contributed by atoms with Gasteiger partial charge in [-0.25, -0.2) is 18.8 Å². The second kappa shape index (κ2) is 9.39. The molecule has 3 fully saturated rings. The fourth-order valence-electron chi connectivity index (χ4n) is 6.54. The average molecular weight is 559 g/mol. The number of rotatable bonds is 4. The fourth-order valence-corrected chi connectivity index (χ4v) is 6.54. The molecule has 7 rings (SSSR count). The Morgan fingerprint density at radius 2 is 1.98 bits per heavy atom. The lowest BCUT2D eigenvalue weighted by molar-refractivity contribution is -0.132. The number of imidazole rings is 1. The van der Waals surface area contributed by atoms with Gasteiger partial charge >= 0.3 is 0 Å². The van der Waals surface area contributed by atoms with Crippen LogP contribution in [0, 0.1) is 34.8 Å². The van der Waals surface area contributed by atoms with Crippen LogP contribution in [0.5, 0.6) is 0 Å². The fraction of sp³-hybridized carbons (Fsp3) is 0.367. The molecule has 2 aromatic carbocycles. The number of aliphatic hydroxyl groups is 2. The van der Waals surface area contributed by atoms with Crippen LogP contribution in [0.4, 0.5) is 14.6 Å². The van der Waals surface area contributed by atoms with Crippen LogP contribution >= 0.6 is 0 Å². The highest BCUT2D eigenvalue weighted by molar-refractivity contribution is 6.03. The number of amides is 1. The Bertz CT molecular complexity index is 1630. The van der Waals surface area contributed by atoms with Gasteiger partial charge in [-0.15, -0.1) is 0 Å². The van der Waals surface area contributed by atoms with Gasteiger partial charge in [-0.1, -0.05) is 36.3 Å². The molecule has 0 spiro atoms. The van der Waals surface area contributed by atoms with Gasteiger partial charge in [0.25, 0.3) is 0 Å². The standard InChI is InChI=1S/C30H28F2N6O3/c1-33-29(41)30-13-18(30)24(25(39)26(30)40)38-14-34-23-27(35-21-12-17(21)16-5-3-2-4-6-16)36-22(37-28(23)38)10-8-15-7-9-19(31)20(32)11-15/h2-7,9,11,14,17-18,21-22,24-26,37,39-40H,12-13H2,1H3,(H,33,41)(H,35,36)/t17-,18?,21?,22?,24+,25?,26-,30+/m0/s1. The quantitative estimate of drug-likeness (QED) is 0.312. The molecular formula is C30H28F2N6O3. The van der Waals surface area contributed by atoms with Crippen LogP contribution in [-0.4, -0.2) is 63.0 Å². The zero-order chi connectivity index (χ0) is 28.5. The third-order valence-electron chi connectivity index (χ3n) is 8.81. The summed E-state index contributed by atoms with van der Waals surface area (Å²) in [6.07, 6.45) is -0.218. The highest BCUT2D eigenvalue weighted by Gasteiger charge is 2.75. The summed E-state index contributed by atoms with van der Waals surface area (Å²) in [7, 11) is 1.52. The number of aliphatic hydroxyl groups excluding tert-OH is 2. The van der Waals surface area contributed by atoms with Crippen LogP contribution in [0.2, 0.25) is 0 Å². The van der Waals surface area contributed by atoms with Crippen molar-refractivity contribution in [1.29, 1.82) is 0 Å². The molecule has 11 heteroatoms. The maximum absolute atomic E-state index is 13.8. The second-order valence-corrected chi connectivity index (χ2v) is 11.1. The highest BCUT2D eigenvalue weighted by atomic mass is 19.2. The lowest BCUT2D eigenvalue weighted by Crippen LogP contribution is -2.41. The van der Waals surface area contributed by atoms with Crippen molar-refractivity contribution in [1.82, 2.24) is 20.2 Å². The number of benzene rings is 2. The summed E-state index contributed by atoms with van der Waals surface area (Å²) in [5, 5.41) is 31.3. The van der Waals surface area contributed by atoms with E-state index in [0.717, 1.165) is 18.6 Å². The molecule has 3 aliphatic carbocycles. The van der Waals surface area contributed by atoms with Gasteiger partial charge in [0.15, 0.2) is 23.6 Å². The maximum atomic E-state index is 13.8. The lowest BCUT2D eigenvalue weighted by Gasteiger charge is -2.27. The molecule has 3 saturated carbocycles. The number of nitrogens with zero attached hydrogens (tertiary/aromatic N) is 3. The van der Waals surface area contributed by atoms with E-state index in [0.29, 0.717) is 35.2 Å². The number of aromatic nitrogens is 2.